The number of benzene rings is 1. The minimum Gasteiger partial charge on any atom is -0.468 e. The fraction of sp³-hybridized carbons (Fsp3) is 0.412. The third kappa shape index (κ3) is 1.85. The molecule has 8 nitrogen and oxygen atoms in total. The van der Waals surface area contributed by atoms with E-state index in [1.165, 1.54) is 20.3 Å². The average Bonchev–Trinajstić information content (AvgIpc) is 3.23. The third-order valence-electron chi connectivity index (χ3n) is 5.62. The van der Waals surface area contributed by atoms with Gasteiger partial charge >= 0.3 is 5.97 Å². The maximum atomic E-state index is 13.2. The number of ketones is 1. The van der Waals surface area contributed by atoms with E-state index in [1.54, 1.807) is 29.2 Å². The number of piperidine rings is 1. The molecule has 0 saturated carbocycles. The van der Waals surface area contributed by atoms with Crippen molar-refractivity contribution in [3.63, 3.8) is 0 Å². The zero-order chi connectivity index (χ0) is 18.9. The molecule has 0 spiro atoms. The van der Waals surface area contributed by atoms with E-state index in [0.29, 0.717) is 10.9 Å². The Balaban J connectivity index is 1.97. The minimum atomic E-state index is -1.32. The van der Waals surface area contributed by atoms with Crippen LogP contribution >= 0.6 is 15.9 Å². The largest absolute Gasteiger partial charge is 0.468 e. The third-order valence-corrected chi connectivity index (χ3v) is 6.21. The molecule has 2 aliphatic heterocycles. The molecule has 5 atom stereocenters. The van der Waals surface area contributed by atoms with Crippen LogP contribution in [-0.2, 0) is 24.6 Å². The van der Waals surface area contributed by atoms with Gasteiger partial charge in [0.1, 0.15) is 17.2 Å². The number of nitro benzene ring substituents is 1. The van der Waals surface area contributed by atoms with E-state index in [0.717, 1.165) is 0 Å². The highest BCUT2D eigenvalue weighted by Gasteiger charge is 2.84. The van der Waals surface area contributed by atoms with Gasteiger partial charge in [0.2, 0.25) is 0 Å². The molecule has 0 aromatic heterocycles. The van der Waals surface area contributed by atoms with Crippen LogP contribution in [0.2, 0.25) is 0 Å². The molecule has 0 amide bonds. The molecule has 136 valence electrons. The molecule has 0 N–H and O–H groups in total. The van der Waals surface area contributed by atoms with Crippen molar-refractivity contribution in [1.29, 1.82) is 0 Å². The van der Waals surface area contributed by atoms with Crippen molar-refractivity contribution in [3.05, 3.63) is 50.5 Å². The molecular weight excluding hydrogens is 408 g/mol. The van der Waals surface area contributed by atoms with Crippen molar-refractivity contribution in [2.45, 2.75) is 29.6 Å². The molecular formula is C17H15BrN2O6. The second kappa shape index (κ2) is 5.45. The average molecular weight is 423 g/mol. The molecule has 0 radical (unpaired) electrons. The number of hydrogen-bond acceptors (Lipinski definition) is 7. The fourth-order valence-corrected chi connectivity index (χ4v) is 5.32. The SMILES string of the molecule is COC(=O)[C@@H]1C[C@@]2(OC)C=C(Br)C(=O)[C@]3(c4ccccc4[N+](=O)[O-])[C@H]2N13. The number of Topliss-reactive ketones (excluding diaryl/α,β-unsaturated/α-hetero) is 1. The Labute approximate surface area is 157 Å². The van der Waals surface area contributed by atoms with E-state index >= 15 is 0 Å². The van der Waals surface area contributed by atoms with Crippen LogP contribution in [-0.4, -0.2) is 53.5 Å². The van der Waals surface area contributed by atoms with Crippen LogP contribution in [0.25, 0.3) is 0 Å². The molecule has 0 bridgehead atoms. The second-order valence-electron chi connectivity index (χ2n) is 6.57. The quantitative estimate of drug-likeness (QED) is 0.315. The summed E-state index contributed by atoms with van der Waals surface area (Å²) in [5.41, 5.74) is -2.12. The van der Waals surface area contributed by atoms with Crippen LogP contribution in [0, 0.1) is 10.1 Å². The van der Waals surface area contributed by atoms with Gasteiger partial charge in [-0.05, 0) is 28.1 Å². The highest BCUT2D eigenvalue weighted by molar-refractivity contribution is 9.12. The Morgan fingerprint density at radius 3 is 2.69 bits per heavy atom. The normalized spacial score (nSPS) is 37.0. The van der Waals surface area contributed by atoms with Gasteiger partial charge in [0.25, 0.3) is 5.69 Å². The molecule has 26 heavy (non-hydrogen) atoms. The summed E-state index contributed by atoms with van der Waals surface area (Å²) in [7, 11) is 2.78. The number of para-hydroxylation sites is 1. The molecule has 1 unspecified atom stereocenters. The fourth-order valence-electron chi connectivity index (χ4n) is 4.63. The molecule has 2 fully saturated rings. The van der Waals surface area contributed by atoms with Crippen molar-refractivity contribution in [2.24, 2.45) is 0 Å². The van der Waals surface area contributed by atoms with Crippen molar-refractivity contribution < 1.29 is 24.0 Å². The lowest BCUT2D eigenvalue weighted by atomic mass is 9.75. The monoisotopic (exact) mass is 422 g/mol. The Kier molecular flexibility index (Phi) is 3.63. The maximum Gasteiger partial charge on any atom is 0.323 e. The first-order chi connectivity index (χ1) is 12.3. The highest BCUT2D eigenvalue weighted by Crippen LogP contribution is 2.68. The molecule has 1 aromatic carbocycles. The highest BCUT2D eigenvalue weighted by atomic mass is 79.9. The smallest absolute Gasteiger partial charge is 0.323 e. The summed E-state index contributed by atoms with van der Waals surface area (Å²) in [5.74, 6) is -0.813. The Morgan fingerprint density at radius 1 is 1.38 bits per heavy atom. The van der Waals surface area contributed by atoms with Crippen molar-refractivity contribution in [1.82, 2.24) is 4.90 Å². The predicted octanol–water partition coefficient (Wildman–Crippen LogP) is 1.67. The van der Waals surface area contributed by atoms with Gasteiger partial charge in [-0.2, -0.15) is 0 Å². The molecule has 2 saturated heterocycles. The number of halogens is 1. The van der Waals surface area contributed by atoms with Crippen LogP contribution in [0.3, 0.4) is 0 Å². The van der Waals surface area contributed by atoms with Crippen LogP contribution in [0.1, 0.15) is 12.0 Å². The standard InChI is InChI=1S/C17H15BrN2O6/c1-25-14(22)12-8-16(26-2)7-10(18)13(21)17(15(16)19(12)17)9-5-3-4-6-11(9)20(23)24/h3-7,12,15H,8H2,1-2H3/t12-,15-,16-,17+,19?/m0/s1. The summed E-state index contributed by atoms with van der Waals surface area (Å²) >= 11 is 3.29. The van der Waals surface area contributed by atoms with Gasteiger partial charge < -0.3 is 9.47 Å². The van der Waals surface area contributed by atoms with E-state index in [4.69, 9.17) is 9.47 Å². The van der Waals surface area contributed by atoms with Gasteiger partial charge in [0, 0.05) is 19.6 Å². The van der Waals surface area contributed by atoms with Gasteiger partial charge in [-0.15, -0.1) is 0 Å². The van der Waals surface area contributed by atoms with Gasteiger partial charge in [0.15, 0.2) is 5.78 Å². The minimum absolute atomic E-state index is 0.161. The number of methoxy groups -OCH3 is 2. The summed E-state index contributed by atoms with van der Waals surface area (Å²) in [6, 6.07) is 4.90. The van der Waals surface area contributed by atoms with E-state index in [-0.39, 0.29) is 17.0 Å². The summed E-state index contributed by atoms with van der Waals surface area (Å²) < 4.78 is 10.9. The van der Waals surface area contributed by atoms with Gasteiger partial charge in [-0.25, -0.2) is 0 Å². The lowest BCUT2D eigenvalue weighted by molar-refractivity contribution is -0.385. The zero-order valence-electron chi connectivity index (χ0n) is 14.0. The second-order valence-corrected chi connectivity index (χ2v) is 7.43. The first-order valence-corrected chi connectivity index (χ1v) is 8.73. The van der Waals surface area contributed by atoms with E-state index in [2.05, 4.69) is 15.9 Å². The number of hydrogen-bond donors (Lipinski definition) is 0. The van der Waals surface area contributed by atoms with E-state index in [9.17, 15) is 19.7 Å². The molecule has 1 aromatic rings. The number of esters is 1. The van der Waals surface area contributed by atoms with Crippen molar-refractivity contribution >= 4 is 33.4 Å². The first kappa shape index (κ1) is 17.3. The summed E-state index contributed by atoms with van der Waals surface area (Å²) in [6.07, 6.45) is 1.97. The molecule has 2 heterocycles. The number of rotatable bonds is 4. The van der Waals surface area contributed by atoms with Gasteiger partial charge in [-0.3, -0.25) is 24.6 Å². The molecule has 4 rings (SSSR count). The number of carbonyl (C=O) groups excluding carboxylic acids is 2. The number of nitrogens with zero attached hydrogens (tertiary/aromatic N) is 2. The molecule has 1 aliphatic carbocycles. The molecule has 9 heteroatoms. The topological polar surface area (TPSA) is 98.8 Å². The zero-order valence-corrected chi connectivity index (χ0v) is 15.6. The predicted molar refractivity (Wildman–Crippen MR) is 92.6 cm³/mol. The Hall–Kier alpha value is -2.10. The van der Waals surface area contributed by atoms with Crippen molar-refractivity contribution in [2.75, 3.05) is 14.2 Å². The van der Waals surface area contributed by atoms with E-state index < -0.39 is 34.1 Å². The van der Waals surface area contributed by atoms with Gasteiger partial charge in [0.05, 0.1) is 28.1 Å². The summed E-state index contributed by atoms with van der Waals surface area (Å²) in [6.45, 7) is 0. The van der Waals surface area contributed by atoms with Crippen LogP contribution in [0.4, 0.5) is 5.69 Å². The van der Waals surface area contributed by atoms with Crippen LogP contribution in [0.5, 0.6) is 0 Å². The number of ether oxygens (including phenoxy) is 2. The number of fused-ring (bicyclic) bond motifs is 1. The van der Waals surface area contributed by atoms with Gasteiger partial charge in [-0.1, -0.05) is 12.1 Å². The first-order valence-electron chi connectivity index (χ1n) is 7.93. The number of carbonyl (C=O) groups is 2. The van der Waals surface area contributed by atoms with Crippen LogP contribution in [0.15, 0.2) is 34.8 Å². The Morgan fingerprint density at radius 2 is 2.08 bits per heavy atom. The van der Waals surface area contributed by atoms with E-state index in [1.807, 2.05) is 0 Å². The summed E-state index contributed by atoms with van der Waals surface area (Å²) in [5, 5.41) is 11.6. The summed E-state index contributed by atoms with van der Waals surface area (Å²) in [4.78, 5) is 38.3. The number of nitro groups is 1. The Bertz CT molecular complexity index is 886. The lowest BCUT2D eigenvalue weighted by Crippen LogP contribution is -2.49. The molecule has 3 aliphatic rings. The van der Waals surface area contributed by atoms with Crippen molar-refractivity contribution in [3.8, 4) is 0 Å². The maximum absolute atomic E-state index is 13.2. The van der Waals surface area contributed by atoms with Crippen LogP contribution < -0.4 is 0 Å². The lowest BCUT2D eigenvalue weighted by Gasteiger charge is -2.35.